The molecule has 0 aliphatic rings. The third-order valence-corrected chi connectivity index (χ3v) is 2.17. The summed E-state index contributed by atoms with van der Waals surface area (Å²) in [5, 5.41) is 0. The molecule has 84 valence electrons. The average molecular weight is 212 g/mol. The molecule has 1 aromatic rings. The molecule has 5 heteroatoms. The number of ether oxygens (including phenoxy) is 3. The summed E-state index contributed by atoms with van der Waals surface area (Å²) in [6.07, 6.45) is 0. The lowest BCUT2D eigenvalue weighted by Gasteiger charge is -2.16. The molecule has 1 rings (SSSR count). The lowest BCUT2D eigenvalue weighted by atomic mass is 10.1. The number of hydrogen-bond acceptors (Lipinski definition) is 5. The Labute approximate surface area is 88.9 Å². The van der Waals surface area contributed by atoms with Crippen LogP contribution in [0.5, 0.6) is 17.2 Å². The third-order valence-electron chi connectivity index (χ3n) is 2.17. The van der Waals surface area contributed by atoms with Gasteiger partial charge in [-0.1, -0.05) is 0 Å². The van der Waals surface area contributed by atoms with Crippen molar-refractivity contribution >= 4 is 5.69 Å². The van der Waals surface area contributed by atoms with E-state index < -0.39 is 0 Å². The van der Waals surface area contributed by atoms with Crippen molar-refractivity contribution in [2.75, 3.05) is 27.1 Å². The van der Waals surface area contributed by atoms with E-state index in [2.05, 4.69) is 0 Å². The fraction of sp³-hybridized carbons (Fsp3) is 0.400. The fourth-order valence-electron chi connectivity index (χ4n) is 1.40. The summed E-state index contributed by atoms with van der Waals surface area (Å²) >= 11 is 0. The third kappa shape index (κ3) is 1.92. The van der Waals surface area contributed by atoms with Crippen LogP contribution in [0.25, 0.3) is 0 Å². The highest BCUT2D eigenvalue weighted by molar-refractivity contribution is 5.70. The number of nitrogens with two attached hydrogens (primary N) is 2. The van der Waals surface area contributed by atoms with E-state index in [4.69, 9.17) is 25.7 Å². The van der Waals surface area contributed by atoms with Gasteiger partial charge in [-0.3, -0.25) is 0 Å². The average Bonchev–Trinajstić information content (AvgIpc) is 2.28. The van der Waals surface area contributed by atoms with Crippen LogP contribution in [0.15, 0.2) is 6.07 Å². The molecule has 5 nitrogen and oxygen atoms in total. The normalized spacial score (nSPS) is 9.87. The Kier molecular flexibility index (Phi) is 3.62. The zero-order chi connectivity index (χ0) is 11.4. The second-order valence-corrected chi connectivity index (χ2v) is 2.92. The van der Waals surface area contributed by atoms with E-state index in [9.17, 15) is 0 Å². The second-order valence-electron chi connectivity index (χ2n) is 2.92. The molecule has 0 bridgehead atoms. The van der Waals surface area contributed by atoms with E-state index >= 15 is 0 Å². The van der Waals surface area contributed by atoms with Gasteiger partial charge < -0.3 is 25.7 Å². The van der Waals surface area contributed by atoms with Gasteiger partial charge in [-0.15, -0.1) is 0 Å². The van der Waals surface area contributed by atoms with E-state index in [-0.39, 0.29) is 0 Å². The molecule has 0 aliphatic heterocycles. The van der Waals surface area contributed by atoms with Crippen molar-refractivity contribution in [2.24, 2.45) is 5.73 Å². The van der Waals surface area contributed by atoms with Crippen LogP contribution < -0.4 is 25.7 Å². The summed E-state index contributed by atoms with van der Waals surface area (Å²) in [6.45, 7) is 0.322. The van der Waals surface area contributed by atoms with Gasteiger partial charge in [0.05, 0.1) is 27.0 Å². The van der Waals surface area contributed by atoms with E-state index in [1.54, 1.807) is 13.2 Å². The lowest BCUT2D eigenvalue weighted by molar-refractivity contribution is 0.325. The Morgan fingerprint density at radius 2 is 1.67 bits per heavy atom. The van der Waals surface area contributed by atoms with E-state index in [1.165, 1.54) is 14.2 Å². The van der Waals surface area contributed by atoms with Crippen LogP contribution in [-0.2, 0) is 6.54 Å². The maximum atomic E-state index is 5.86. The van der Waals surface area contributed by atoms with Crippen LogP contribution in [0.4, 0.5) is 5.69 Å². The number of methoxy groups -OCH3 is 3. The van der Waals surface area contributed by atoms with E-state index in [1.807, 2.05) is 0 Å². The summed E-state index contributed by atoms with van der Waals surface area (Å²) in [5.41, 5.74) is 12.7. The number of benzene rings is 1. The van der Waals surface area contributed by atoms with Crippen molar-refractivity contribution in [3.63, 3.8) is 0 Å². The minimum absolute atomic E-state index is 0.322. The van der Waals surface area contributed by atoms with Gasteiger partial charge in [0.2, 0.25) is 5.75 Å². The maximum absolute atomic E-state index is 5.86. The highest BCUT2D eigenvalue weighted by Crippen LogP contribution is 2.43. The molecule has 0 atom stereocenters. The van der Waals surface area contributed by atoms with E-state index in [0.717, 1.165) is 5.56 Å². The summed E-state index contributed by atoms with van der Waals surface area (Å²) in [5.74, 6) is 1.50. The number of hydrogen-bond donors (Lipinski definition) is 2. The monoisotopic (exact) mass is 212 g/mol. The first-order valence-electron chi connectivity index (χ1n) is 4.46. The Bertz CT molecular complexity index is 353. The first-order chi connectivity index (χ1) is 7.19. The molecule has 4 N–H and O–H groups in total. The lowest BCUT2D eigenvalue weighted by Crippen LogP contribution is -2.06. The molecule has 15 heavy (non-hydrogen) atoms. The summed E-state index contributed by atoms with van der Waals surface area (Å²) < 4.78 is 15.5. The number of rotatable bonds is 4. The predicted molar refractivity (Wildman–Crippen MR) is 58.4 cm³/mol. The topological polar surface area (TPSA) is 79.7 Å². The molecule has 0 spiro atoms. The first kappa shape index (κ1) is 11.5. The largest absolute Gasteiger partial charge is 0.493 e. The van der Waals surface area contributed by atoms with Crippen LogP contribution in [0.3, 0.4) is 0 Å². The van der Waals surface area contributed by atoms with Crippen LogP contribution in [-0.4, -0.2) is 21.3 Å². The molecule has 1 aromatic carbocycles. The van der Waals surface area contributed by atoms with Gasteiger partial charge in [0.1, 0.15) is 0 Å². The van der Waals surface area contributed by atoms with Crippen molar-refractivity contribution in [1.82, 2.24) is 0 Å². The molecule has 0 aromatic heterocycles. The van der Waals surface area contributed by atoms with Gasteiger partial charge in [0.15, 0.2) is 11.5 Å². The standard InChI is InChI=1S/C10H16N2O3/c1-13-7-4-6(5-11)8(12)10(15-3)9(7)14-2/h4H,5,11-12H2,1-3H3. The molecule has 0 radical (unpaired) electrons. The second kappa shape index (κ2) is 4.75. The number of anilines is 1. The van der Waals surface area contributed by atoms with Crippen LogP contribution in [0.1, 0.15) is 5.56 Å². The van der Waals surface area contributed by atoms with Crippen molar-refractivity contribution in [3.8, 4) is 17.2 Å². The van der Waals surface area contributed by atoms with Crippen molar-refractivity contribution in [1.29, 1.82) is 0 Å². The van der Waals surface area contributed by atoms with Gasteiger partial charge in [-0.25, -0.2) is 0 Å². The van der Waals surface area contributed by atoms with Gasteiger partial charge in [-0.05, 0) is 11.6 Å². The van der Waals surface area contributed by atoms with Crippen molar-refractivity contribution < 1.29 is 14.2 Å². The Hall–Kier alpha value is -1.62. The number of nitrogen functional groups attached to an aromatic ring is 1. The first-order valence-corrected chi connectivity index (χ1v) is 4.46. The zero-order valence-corrected chi connectivity index (χ0v) is 9.16. The van der Waals surface area contributed by atoms with Crippen LogP contribution in [0.2, 0.25) is 0 Å². The molecule has 0 unspecified atom stereocenters. The SMILES string of the molecule is COc1cc(CN)c(N)c(OC)c1OC. The minimum Gasteiger partial charge on any atom is -0.493 e. The van der Waals surface area contributed by atoms with Gasteiger partial charge in [0.25, 0.3) is 0 Å². The summed E-state index contributed by atoms with van der Waals surface area (Å²) in [7, 11) is 4.60. The Morgan fingerprint density at radius 3 is 2.07 bits per heavy atom. The molecule has 0 saturated heterocycles. The van der Waals surface area contributed by atoms with Crippen molar-refractivity contribution in [2.45, 2.75) is 6.54 Å². The van der Waals surface area contributed by atoms with E-state index in [0.29, 0.717) is 29.5 Å². The zero-order valence-electron chi connectivity index (χ0n) is 9.16. The summed E-state index contributed by atoms with van der Waals surface area (Å²) in [6, 6.07) is 1.75. The smallest absolute Gasteiger partial charge is 0.205 e. The minimum atomic E-state index is 0.322. The quantitative estimate of drug-likeness (QED) is 0.720. The maximum Gasteiger partial charge on any atom is 0.205 e. The van der Waals surface area contributed by atoms with Crippen molar-refractivity contribution in [3.05, 3.63) is 11.6 Å². The van der Waals surface area contributed by atoms with Gasteiger partial charge >= 0.3 is 0 Å². The molecule has 0 fully saturated rings. The van der Waals surface area contributed by atoms with Gasteiger partial charge in [0, 0.05) is 6.54 Å². The van der Waals surface area contributed by atoms with Crippen LogP contribution in [0, 0.1) is 0 Å². The molecule has 0 amide bonds. The van der Waals surface area contributed by atoms with Gasteiger partial charge in [-0.2, -0.15) is 0 Å². The molecule has 0 aliphatic carbocycles. The molecule has 0 saturated carbocycles. The Morgan fingerprint density at radius 1 is 1.07 bits per heavy atom. The van der Waals surface area contributed by atoms with Crippen LogP contribution >= 0.6 is 0 Å². The highest BCUT2D eigenvalue weighted by atomic mass is 16.5. The summed E-state index contributed by atoms with van der Waals surface area (Å²) in [4.78, 5) is 0. The molecule has 0 heterocycles. The molecular weight excluding hydrogens is 196 g/mol. The highest BCUT2D eigenvalue weighted by Gasteiger charge is 2.17. The molecular formula is C10H16N2O3. The Balaban J connectivity index is 3.43. The predicted octanol–water partition coefficient (Wildman–Crippen LogP) is 0.753. The fourth-order valence-corrected chi connectivity index (χ4v) is 1.40.